The number of hydrogen-bond acceptors (Lipinski definition) is 16. The summed E-state index contributed by atoms with van der Waals surface area (Å²) in [5.41, 5.74) is 36.1. The van der Waals surface area contributed by atoms with Crippen molar-refractivity contribution in [1.29, 1.82) is 0 Å². The summed E-state index contributed by atoms with van der Waals surface area (Å²) in [4.78, 5) is 71.0. The van der Waals surface area contributed by atoms with E-state index in [-0.39, 0.29) is 78.0 Å². The summed E-state index contributed by atoms with van der Waals surface area (Å²) in [5, 5.41) is 31.8. The number of hydrogen-bond donors (Lipinski definition) is 8. The SMILES string of the molecule is CC(C)c1cc(-c2ccc(NC(=O)C3(c4cc(C(F)(F)F)ccc4F)CC3)cc2)c2c(N)nn(C)c2n1.CC(C)c1cc(-c2ccc(NC(=O)C3(c4cccc(F)c4)CC3)cc2)c2c(N)nn(C)c2n1.Cc1cc(-c2ccc(NC(=O)C3(c4cc(C(F)(F)F)ccc4F)CC3)cc2)c2c(N)nn(C)c2n1.Cc1ccc(F)c(C2(C(=O)Nc3ccc(-c4cc(C(C)C)nc5c4c(N)nn5C)cc3)CC2)c1. The van der Waals surface area contributed by atoms with Crippen LogP contribution in [-0.2, 0) is 81.4 Å². The van der Waals surface area contributed by atoms with Crippen LogP contribution in [0, 0.1) is 37.1 Å². The molecule has 34 heteroatoms. The molecule has 12 N–H and O–H groups in total. The van der Waals surface area contributed by atoms with Crippen LogP contribution >= 0.6 is 0 Å². The summed E-state index contributed by atoms with van der Waals surface area (Å²) in [5.74, 6) is -1.42. The van der Waals surface area contributed by atoms with Crippen molar-refractivity contribution < 1.29 is 63.1 Å². The van der Waals surface area contributed by atoms with Crippen LogP contribution in [0.4, 0.5) is 89.9 Å². The van der Waals surface area contributed by atoms with Gasteiger partial charge in [-0.15, -0.1) is 0 Å². The number of benzene rings is 8. The van der Waals surface area contributed by atoms with E-state index in [0.29, 0.717) is 106 Å². The zero-order chi connectivity index (χ0) is 99.3. The van der Waals surface area contributed by atoms with Gasteiger partial charge in [-0.25, -0.2) is 56.2 Å². The van der Waals surface area contributed by atoms with E-state index in [1.807, 2.05) is 121 Å². The van der Waals surface area contributed by atoms with Crippen molar-refractivity contribution in [3.8, 4) is 44.5 Å². The predicted molar refractivity (Wildman–Crippen MR) is 519 cm³/mol. The molecule has 714 valence electrons. The Hall–Kier alpha value is -15.4. The third-order valence-corrected chi connectivity index (χ3v) is 26.4. The molecule has 8 heterocycles. The Morgan fingerprint density at radius 2 is 0.612 bits per heavy atom. The maximum Gasteiger partial charge on any atom is 0.416 e. The van der Waals surface area contributed by atoms with Gasteiger partial charge < -0.3 is 44.2 Å². The molecular formula is C105H100F10N20O4. The van der Waals surface area contributed by atoms with Crippen LogP contribution in [0.2, 0.25) is 0 Å². The molecule has 0 saturated heterocycles. The Balaban J connectivity index is 0.000000128. The number of anilines is 8. The van der Waals surface area contributed by atoms with Gasteiger partial charge in [-0.1, -0.05) is 120 Å². The molecule has 0 spiro atoms. The van der Waals surface area contributed by atoms with Crippen LogP contribution in [0.15, 0.2) is 200 Å². The lowest BCUT2D eigenvalue weighted by Gasteiger charge is -2.18. The molecule has 8 aromatic heterocycles. The fraction of sp³-hybridized carbons (Fsp3) is 0.276. The summed E-state index contributed by atoms with van der Waals surface area (Å²) < 4.78 is 143. The van der Waals surface area contributed by atoms with Crippen LogP contribution in [0.3, 0.4) is 0 Å². The Kier molecular flexibility index (Phi) is 24.9. The first-order chi connectivity index (χ1) is 65.9. The number of nitrogens with two attached hydrogens (primary N) is 4. The largest absolute Gasteiger partial charge is 0.416 e. The van der Waals surface area contributed by atoms with Crippen molar-refractivity contribution in [2.24, 2.45) is 28.2 Å². The molecule has 0 atom stereocenters. The van der Waals surface area contributed by atoms with Gasteiger partial charge >= 0.3 is 12.4 Å². The number of aromatic nitrogens is 12. The van der Waals surface area contributed by atoms with Crippen molar-refractivity contribution in [3.05, 3.63) is 285 Å². The lowest BCUT2D eigenvalue weighted by molar-refractivity contribution is -0.138. The predicted octanol–water partition coefficient (Wildman–Crippen LogP) is 22.1. The van der Waals surface area contributed by atoms with Crippen LogP contribution in [0.25, 0.3) is 88.6 Å². The van der Waals surface area contributed by atoms with Gasteiger partial charge in [0.1, 0.15) is 23.3 Å². The molecule has 0 bridgehead atoms. The molecule has 0 aliphatic heterocycles. The molecule has 0 radical (unpaired) electrons. The Morgan fingerprint density at radius 3 is 0.892 bits per heavy atom. The second-order valence-corrected chi connectivity index (χ2v) is 37.2. The number of nitrogens with one attached hydrogen (secondary N) is 4. The molecule has 4 amide bonds. The van der Waals surface area contributed by atoms with Crippen molar-refractivity contribution in [2.75, 3.05) is 44.2 Å². The second-order valence-electron chi connectivity index (χ2n) is 37.2. The van der Waals surface area contributed by atoms with Gasteiger partial charge in [0.05, 0.1) is 54.3 Å². The number of halogens is 10. The highest BCUT2D eigenvalue weighted by molar-refractivity contribution is 6.08. The lowest BCUT2D eigenvalue weighted by Crippen LogP contribution is -2.29. The minimum Gasteiger partial charge on any atom is -0.382 e. The average Bonchev–Trinajstić information content (AvgIpc) is 1.58. The van der Waals surface area contributed by atoms with E-state index in [1.54, 1.807) is 87.4 Å². The van der Waals surface area contributed by atoms with Crippen LogP contribution in [0.5, 0.6) is 0 Å². The summed E-state index contributed by atoms with van der Waals surface area (Å²) in [6.07, 6.45) is -5.47. The third kappa shape index (κ3) is 18.6. The second kappa shape index (κ2) is 36.3. The highest BCUT2D eigenvalue weighted by Crippen LogP contribution is 2.55. The van der Waals surface area contributed by atoms with E-state index in [1.165, 1.54) is 18.2 Å². The van der Waals surface area contributed by atoms with Crippen molar-refractivity contribution in [2.45, 2.75) is 159 Å². The Bertz CT molecular complexity index is 7550. The Labute approximate surface area is 792 Å². The first kappa shape index (κ1) is 95.3. The molecule has 8 aromatic carbocycles. The summed E-state index contributed by atoms with van der Waals surface area (Å²) in [6.45, 7) is 16.2. The lowest BCUT2D eigenvalue weighted by atomic mass is 9.92. The minimum absolute atomic E-state index is 0.106. The normalized spacial score (nSPS) is 14.7. The standard InChI is InChI=1S/C27H25F4N5O.C27H28FN5O.C26H26FN5O.C25H21F4N5O/c1-14(2)21-13-18(22-23(32)35-36(3)24(22)34-21)15-4-7-17(8-5-15)33-25(37)26(10-11-26)19-12-16(27(29,30)31)6-9-20(19)28;1-15(2)22-14-19(23-24(29)32-33(4)25(23)31-22)17-6-8-18(9-7-17)30-26(34)27(11-12-27)20-13-16(3)5-10-21(20)28;1-15(2)21-14-20(22-23(28)31-32(3)24(22)30-21)16-7-9-19(10-8-16)29-25(33)26(11-12-26)17-5-4-6-18(27)13-17;1-13-11-17(20-21(30)33-34(2)22(20)31-13)14-3-6-16(7-4-14)32-23(35)24(9-10-24)18-12-15(25(27,28)29)5-8-19(18)26/h4-9,12-14H,10-11H2,1-3H3,(H2,32,35)(H,33,37);5-10,13-15H,11-12H2,1-4H3,(H2,29,32)(H,30,34);4-10,13-15H,11-12H2,1-3H3,(H2,28,31)(H,29,33);3-8,11-12H,9-10H2,1-2H3,(H2,30,33)(H,32,35). The highest BCUT2D eigenvalue weighted by atomic mass is 19.4. The minimum atomic E-state index is -4.63. The van der Waals surface area contributed by atoms with Crippen molar-refractivity contribution >= 4 is 114 Å². The fourth-order valence-corrected chi connectivity index (χ4v) is 18.0. The number of rotatable bonds is 19. The molecule has 139 heavy (non-hydrogen) atoms. The number of carbonyl (C=O) groups excluding carboxylic acids is 4. The maximum atomic E-state index is 14.5. The van der Waals surface area contributed by atoms with E-state index >= 15 is 0 Å². The fourth-order valence-electron chi connectivity index (χ4n) is 18.0. The number of carbonyl (C=O) groups is 4. The zero-order valence-corrected chi connectivity index (χ0v) is 78.0. The topological polar surface area (TPSA) is 343 Å². The summed E-state index contributed by atoms with van der Waals surface area (Å²) >= 11 is 0. The smallest absolute Gasteiger partial charge is 0.382 e. The number of fused-ring (bicyclic) bond motifs is 4. The number of aryl methyl sites for hydroxylation is 6. The molecule has 0 unspecified atom stereocenters. The van der Waals surface area contributed by atoms with E-state index in [9.17, 15) is 63.1 Å². The van der Waals surface area contributed by atoms with Gasteiger partial charge in [0.25, 0.3) is 0 Å². The molecule has 16 aromatic rings. The molecule has 20 rings (SSSR count). The van der Waals surface area contributed by atoms with Crippen LogP contribution < -0.4 is 44.2 Å². The number of alkyl halides is 6. The maximum absolute atomic E-state index is 14.5. The van der Waals surface area contributed by atoms with Gasteiger partial charge in [-0.2, -0.15) is 46.7 Å². The van der Waals surface area contributed by atoms with Crippen LogP contribution in [-0.4, -0.2) is 82.7 Å². The van der Waals surface area contributed by atoms with Gasteiger partial charge in [-0.05, 0) is 260 Å². The molecule has 4 aliphatic rings. The van der Waals surface area contributed by atoms with Gasteiger partial charge in [0.15, 0.2) is 45.9 Å². The molecule has 4 aliphatic carbocycles. The van der Waals surface area contributed by atoms with E-state index in [0.717, 1.165) is 130 Å². The Morgan fingerprint density at radius 1 is 0.338 bits per heavy atom. The number of pyridine rings is 4. The average molecular weight is 1900 g/mol. The van der Waals surface area contributed by atoms with Gasteiger partial charge in [-0.3, -0.25) is 19.2 Å². The van der Waals surface area contributed by atoms with Gasteiger partial charge in [0, 0.05) is 90.4 Å². The first-order valence-electron chi connectivity index (χ1n) is 45.3. The quantitative estimate of drug-likeness (QED) is 0.0349. The third-order valence-electron chi connectivity index (χ3n) is 26.4. The van der Waals surface area contributed by atoms with Crippen molar-refractivity contribution in [3.63, 3.8) is 0 Å². The molecule has 24 nitrogen and oxygen atoms in total. The highest BCUT2D eigenvalue weighted by Gasteiger charge is 2.56. The van der Waals surface area contributed by atoms with Crippen molar-refractivity contribution in [1.82, 2.24) is 59.1 Å². The monoisotopic (exact) mass is 1890 g/mol. The van der Waals surface area contributed by atoms with E-state index in [2.05, 4.69) is 86.5 Å². The van der Waals surface area contributed by atoms with Crippen LogP contribution in [0.1, 0.15) is 172 Å². The zero-order valence-electron chi connectivity index (χ0n) is 78.0. The first-order valence-corrected chi connectivity index (χ1v) is 45.3. The number of amides is 4. The molecule has 4 fully saturated rings. The summed E-state index contributed by atoms with van der Waals surface area (Å²) in [7, 11) is 7.21. The molecular weight excluding hydrogens is 1800 g/mol. The number of nitrogens with zero attached hydrogens (tertiary/aromatic N) is 12. The molecule has 4 saturated carbocycles. The van der Waals surface area contributed by atoms with E-state index < -0.39 is 68.6 Å². The van der Waals surface area contributed by atoms with E-state index in [4.69, 9.17) is 37.9 Å². The number of nitrogen functional groups attached to an aromatic ring is 4. The van der Waals surface area contributed by atoms with Gasteiger partial charge in [0.2, 0.25) is 23.6 Å². The summed E-state index contributed by atoms with van der Waals surface area (Å²) in [6, 6.07) is 52.9.